The van der Waals surface area contributed by atoms with Crippen molar-refractivity contribution in [3.63, 3.8) is 0 Å². The molecular formula is C16H16Cl2O3S. The molecule has 0 fully saturated rings. The highest BCUT2D eigenvalue weighted by Crippen LogP contribution is 2.35. The Balaban J connectivity index is 2.09. The minimum atomic E-state index is 0.103. The normalized spacial score (nSPS) is 10.3. The molecule has 118 valence electrons. The van der Waals surface area contributed by atoms with Gasteiger partial charge in [0.15, 0.2) is 12.1 Å². The molecular weight excluding hydrogens is 343 g/mol. The second-order valence-electron chi connectivity index (χ2n) is 4.25. The van der Waals surface area contributed by atoms with E-state index in [1.165, 1.54) is 5.56 Å². The summed E-state index contributed by atoms with van der Waals surface area (Å²) in [7, 11) is 1.65. The third-order valence-corrected chi connectivity index (χ3v) is 4.23. The van der Waals surface area contributed by atoms with Crippen molar-refractivity contribution in [1.29, 1.82) is 0 Å². The van der Waals surface area contributed by atoms with E-state index in [0.717, 1.165) is 22.1 Å². The molecule has 0 aliphatic carbocycles. The van der Waals surface area contributed by atoms with Crippen LogP contribution in [0.5, 0.6) is 17.2 Å². The summed E-state index contributed by atoms with van der Waals surface area (Å²) in [6.07, 6.45) is 0. The molecule has 0 saturated heterocycles. The standard InChI is InChI=1S/C16H16Cl2O3S/c1-19-13-4-2-12(3-5-13)9-22-16-8-14(20-10-17)6-7-15(16)21-11-18/h2-8H,9-11H2,1H3. The lowest BCUT2D eigenvalue weighted by Gasteiger charge is -2.11. The summed E-state index contributed by atoms with van der Waals surface area (Å²) in [5, 5.41) is 0. The summed E-state index contributed by atoms with van der Waals surface area (Å²) in [4.78, 5) is 0.957. The Morgan fingerprint density at radius 3 is 2.23 bits per heavy atom. The SMILES string of the molecule is COc1ccc(CSc2cc(OCCl)ccc2OCCl)cc1. The van der Waals surface area contributed by atoms with Gasteiger partial charge in [0.25, 0.3) is 0 Å². The van der Waals surface area contributed by atoms with Crippen LogP contribution in [0.25, 0.3) is 0 Å². The van der Waals surface area contributed by atoms with Crippen LogP contribution in [0, 0.1) is 0 Å². The topological polar surface area (TPSA) is 27.7 Å². The van der Waals surface area contributed by atoms with E-state index < -0.39 is 0 Å². The van der Waals surface area contributed by atoms with Gasteiger partial charge in [0.05, 0.1) is 12.0 Å². The molecule has 2 aromatic carbocycles. The molecule has 0 atom stereocenters. The highest BCUT2D eigenvalue weighted by Gasteiger charge is 2.08. The van der Waals surface area contributed by atoms with Crippen LogP contribution < -0.4 is 14.2 Å². The predicted molar refractivity (Wildman–Crippen MR) is 91.7 cm³/mol. The zero-order valence-electron chi connectivity index (χ0n) is 12.1. The molecule has 0 radical (unpaired) electrons. The molecule has 0 N–H and O–H groups in total. The minimum Gasteiger partial charge on any atom is -0.497 e. The Kier molecular flexibility index (Phi) is 7.03. The van der Waals surface area contributed by atoms with Crippen molar-refractivity contribution in [3.8, 4) is 17.2 Å². The van der Waals surface area contributed by atoms with Crippen molar-refractivity contribution in [2.75, 3.05) is 19.2 Å². The maximum Gasteiger partial charge on any atom is 0.162 e. The fraction of sp³-hybridized carbons (Fsp3) is 0.250. The summed E-state index contributed by atoms with van der Waals surface area (Å²) in [5.41, 5.74) is 1.19. The molecule has 0 amide bonds. The van der Waals surface area contributed by atoms with Crippen molar-refractivity contribution in [3.05, 3.63) is 48.0 Å². The van der Waals surface area contributed by atoms with Gasteiger partial charge >= 0.3 is 0 Å². The van der Waals surface area contributed by atoms with Gasteiger partial charge in [0.1, 0.15) is 17.2 Å². The van der Waals surface area contributed by atoms with E-state index in [1.54, 1.807) is 18.9 Å². The number of thioether (sulfide) groups is 1. The van der Waals surface area contributed by atoms with Gasteiger partial charge in [-0.05, 0) is 35.9 Å². The van der Waals surface area contributed by atoms with Crippen LogP contribution in [0.1, 0.15) is 5.56 Å². The van der Waals surface area contributed by atoms with Gasteiger partial charge in [-0.1, -0.05) is 35.3 Å². The molecule has 0 unspecified atom stereocenters. The lowest BCUT2D eigenvalue weighted by atomic mass is 10.2. The second-order valence-corrected chi connectivity index (χ2v) is 5.71. The molecule has 2 aromatic rings. The molecule has 0 heterocycles. The van der Waals surface area contributed by atoms with Crippen molar-refractivity contribution in [2.45, 2.75) is 10.6 Å². The Morgan fingerprint density at radius 1 is 0.909 bits per heavy atom. The third-order valence-electron chi connectivity index (χ3n) is 2.90. The first-order chi connectivity index (χ1) is 10.8. The van der Waals surface area contributed by atoms with Crippen molar-refractivity contribution < 1.29 is 14.2 Å². The van der Waals surface area contributed by atoms with Crippen molar-refractivity contribution >= 4 is 35.0 Å². The van der Waals surface area contributed by atoms with E-state index in [9.17, 15) is 0 Å². The van der Waals surface area contributed by atoms with Crippen LogP contribution in [-0.2, 0) is 5.75 Å². The van der Waals surface area contributed by atoms with Gasteiger partial charge in [-0.3, -0.25) is 0 Å². The monoisotopic (exact) mass is 358 g/mol. The van der Waals surface area contributed by atoms with Crippen molar-refractivity contribution in [1.82, 2.24) is 0 Å². The fourth-order valence-electron chi connectivity index (χ4n) is 1.81. The first-order valence-corrected chi connectivity index (χ1v) is 8.59. The Labute approximate surface area is 144 Å². The van der Waals surface area contributed by atoms with Gasteiger partial charge in [-0.15, -0.1) is 11.8 Å². The number of benzene rings is 2. The Bertz CT molecular complexity index is 590. The van der Waals surface area contributed by atoms with Crippen LogP contribution in [-0.4, -0.2) is 19.2 Å². The van der Waals surface area contributed by atoms with Crippen molar-refractivity contribution in [2.24, 2.45) is 0 Å². The second kappa shape index (κ2) is 9.03. The van der Waals surface area contributed by atoms with E-state index >= 15 is 0 Å². The highest BCUT2D eigenvalue weighted by atomic mass is 35.5. The molecule has 0 bridgehead atoms. The zero-order valence-corrected chi connectivity index (χ0v) is 14.4. The van der Waals surface area contributed by atoms with E-state index in [-0.39, 0.29) is 12.1 Å². The maximum atomic E-state index is 5.66. The summed E-state index contributed by atoms with van der Waals surface area (Å²) in [6.45, 7) is 0. The van der Waals surface area contributed by atoms with Gasteiger partial charge in [-0.2, -0.15) is 0 Å². The van der Waals surface area contributed by atoms with Crippen LogP contribution in [0.3, 0.4) is 0 Å². The summed E-state index contributed by atoms with van der Waals surface area (Å²) < 4.78 is 15.9. The van der Waals surface area contributed by atoms with Gasteiger partial charge in [-0.25, -0.2) is 0 Å². The van der Waals surface area contributed by atoms with Crippen LogP contribution in [0.4, 0.5) is 0 Å². The minimum absolute atomic E-state index is 0.103. The maximum absolute atomic E-state index is 5.66. The number of ether oxygens (including phenoxy) is 3. The van der Waals surface area contributed by atoms with Gasteiger partial charge in [0, 0.05) is 5.75 Å². The number of hydrogen-bond acceptors (Lipinski definition) is 4. The average Bonchev–Trinajstić information content (AvgIpc) is 2.56. The first-order valence-electron chi connectivity index (χ1n) is 6.54. The van der Waals surface area contributed by atoms with Gasteiger partial charge in [0.2, 0.25) is 0 Å². The lowest BCUT2D eigenvalue weighted by Crippen LogP contribution is -1.94. The number of hydrogen-bond donors (Lipinski definition) is 0. The van der Waals surface area contributed by atoms with E-state index in [4.69, 9.17) is 37.4 Å². The molecule has 2 rings (SSSR count). The lowest BCUT2D eigenvalue weighted by molar-refractivity contribution is 0.368. The largest absolute Gasteiger partial charge is 0.497 e. The van der Waals surface area contributed by atoms with E-state index in [2.05, 4.69) is 0 Å². The number of methoxy groups -OCH3 is 1. The zero-order chi connectivity index (χ0) is 15.8. The molecule has 6 heteroatoms. The highest BCUT2D eigenvalue weighted by molar-refractivity contribution is 7.98. The fourth-order valence-corrected chi connectivity index (χ4v) is 3.04. The molecule has 22 heavy (non-hydrogen) atoms. The molecule has 3 nitrogen and oxygen atoms in total. The molecule has 0 aliphatic rings. The average molecular weight is 359 g/mol. The van der Waals surface area contributed by atoms with E-state index in [0.29, 0.717) is 5.75 Å². The Morgan fingerprint density at radius 2 is 1.59 bits per heavy atom. The van der Waals surface area contributed by atoms with Crippen LogP contribution in [0.15, 0.2) is 47.4 Å². The number of alkyl halides is 2. The number of rotatable bonds is 8. The quantitative estimate of drug-likeness (QED) is 0.482. The predicted octanol–water partition coefficient (Wildman–Crippen LogP) is 5.14. The smallest absolute Gasteiger partial charge is 0.162 e. The summed E-state index contributed by atoms with van der Waals surface area (Å²) >= 11 is 12.9. The summed E-state index contributed by atoms with van der Waals surface area (Å²) in [5.74, 6) is 3.08. The van der Waals surface area contributed by atoms with Crippen LogP contribution >= 0.6 is 35.0 Å². The van der Waals surface area contributed by atoms with E-state index in [1.807, 2.05) is 42.5 Å². The van der Waals surface area contributed by atoms with Gasteiger partial charge < -0.3 is 14.2 Å². The molecule has 0 aliphatic heterocycles. The molecule has 0 aromatic heterocycles. The number of halogens is 2. The molecule has 0 spiro atoms. The Hall–Kier alpha value is -1.23. The summed E-state index contributed by atoms with van der Waals surface area (Å²) in [6, 6.07) is 13.7. The first kappa shape index (κ1) is 17.1. The molecule has 0 saturated carbocycles. The third kappa shape index (κ3) is 4.90. The van der Waals surface area contributed by atoms with Crippen LogP contribution in [0.2, 0.25) is 0 Å².